The Balaban J connectivity index is 1.81. The summed E-state index contributed by atoms with van der Waals surface area (Å²) in [7, 11) is 3.15. The molecule has 1 aromatic heterocycles. The van der Waals surface area contributed by atoms with Crippen LogP contribution >= 0.6 is 0 Å². The minimum Gasteiger partial charge on any atom is -0.493 e. The van der Waals surface area contributed by atoms with E-state index in [0.717, 1.165) is 17.4 Å². The number of aromatic nitrogens is 2. The molecular formula is C18H16N2O4. The van der Waals surface area contributed by atoms with Gasteiger partial charge in [0.25, 0.3) is 5.89 Å². The Morgan fingerprint density at radius 1 is 1.04 bits per heavy atom. The number of carbonyl (C=O) groups is 1. The van der Waals surface area contributed by atoms with E-state index in [-0.39, 0.29) is 0 Å². The summed E-state index contributed by atoms with van der Waals surface area (Å²) in [5.74, 6) is 2.21. The van der Waals surface area contributed by atoms with Crippen LogP contribution in [0.25, 0.3) is 11.5 Å². The maximum absolute atomic E-state index is 10.7. The third kappa shape index (κ3) is 3.27. The lowest BCUT2D eigenvalue weighted by Gasteiger charge is -2.07. The standard InChI is InChI=1S/C18H16N2O4/c1-22-15-8-7-14(10-16(15)23-2)18-19-17(20-24-18)9-12-3-5-13(11-21)6-4-12/h3-8,10-11H,9H2,1-2H3. The minimum absolute atomic E-state index is 0.412. The second-order valence-electron chi connectivity index (χ2n) is 5.12. The largest absolute Gasteiger partial charge is 0.493 e. The second kappa shape index (κ2) is 6.95. The number of rotatable bonds is 6. The normalized spacial score (nSPS) is 10.4. The molecule has 3 aromatic rings. The van der Waals surface area contributed by atoms with Gasteiger partial charge in [-0.3, -0.25) is 4.79 Å². The molecule has 0 aliphatic carbocycles. The lowest BCUT2D eigenvalue weighted by Crippen LogP contribution is -1.92. The van der Waals surface area contributed by atoms with Crippen molar-refractivity contribution in [1.29, 1.82) is 0 Å². The Bertz CT molecular complexity index is 840. The second-order valence-corrected chi connectivity index (χ2v) is 5.12. The summed E-state index contributed by atoms with van der Waals surface area (Å²) in [4.78, 5) is 15.1. The molecule has 0 radical (unpaired) electrons. The van der Waals surface area contributed by atoms with Gasteiger partial charge in [0.15, 0.2) is 17.3 Å². The number of hydrogen-bond acceptors (Lipinski definition) is 6. The monoisotopic (exact) mass is 324 g/mol. The molecule has 6 heteroatoms. The predicted octanol–water partition coefficient (Wildman–Crippen LogP) is 3.16. The molecule has 24 heavy (non-hydrogen) atoms. The van der Waals surface area contributed by atoms with E-state index in [0.29, 0.717) is 35.2 Å². The molecule has 0 spiro atoms. The van der Waals surface area contributed by atoms with Crippen molar-refractivity contribution in [2.75, 3.05) is 14.2 Å². The third-order valence-corrected chi connectivity index (χ3v) is 3.58. The van der Waals surface area contributed by atoms with Gasteiger partial charge in [0.1, 0.15) is 6.29 Å². The van der Waals surface area contributed by atoms with Crippen LogP contribution in [-0.4, -0.2) is 30.6 Å². The average Bonchev–Trinajstić information content (AvgIpc) is 3.10. The zero-order valence-corrected chi connectivity index (χ0v) is 13.4. The molecule has 2 aromatic carbocycles. The van der Waals surface area contributed by atoms with Gasteiger partial charge in [-0.2, -0.15) is 4.98 Å². The van der Waals surface area contributed by atoms with Crippen LogP contribution in [0.2, 0.25) is 0 Å². The van der Waals surface area contributed by atoms with Gasteiger partial charge in [0.05, 0.1) is 14.2 Å². The van der Waals surface area contributed by atoms with Gasteiger partial charge in [-0.1, -0.05) is 29.4 Å². The summed E-state index contributed by atoms with van der Waals surface area (Å²) in [6.07, 6.45) is 1.34. The predicted molar refractivity (Wildman–Crippen MR) is 87.5 cm³/mol. The van der Waals surface area contributed by atoms with Crippen molar-refractivity contribution >= 4 is 6.29 Å². The molecule has 0 saturated heterocycles. The molecule has 1 heterocycles. The first-order chi connectivity index (χ1) is 11.7. The Labute approximate surface area is 139 Å². The number of benzene rings is 2. The number of ether oxygens (including phenoxy) is 2. The first kappa shape index (κ1) is 15.7. The van der Waals surface area contributed by atoms with Crippen LogP contribution in [0.1, 0.15) is 21.7 Å². The van der Waals surface area contributed by atoms with Gasteiger partial charge >= 0.3 is 0 Å². The van der Waals surface area contributed by atoms with E-state index in [1.165, 1.54) is 0 Å². The van der Waals surface area contributed by atoms with E-state index < -0.39 is 0 Å². The highest BCUT2D eigenvalue weighted by Crippen LogP contribution is 2.31. The van der Waals surface area contributed by atoms with Crippen LogP contribution in [0, 0.1) is 0 Å². The Morgan fingerprint density at radius 3 is 2.46 bits per heavy atom. The molecule has 0 N–H and O–H groups in total. The van der Waals surface area contributed by atoms with E-state index in [2.05, 4.69) is 10.1 Å². The summed E-state index contributed by atoms with van der Waals surface area (Å²) >= 11 is 0. The van der Waals surface area contributed by atoms with Crippen LogP contribution < -0.4 is 9.47 Å². The molecule has 0 atom stereocenters. The first-order valence-electron chi connectivity index (χ1n) is 7.32. The van der Waals surface area contributed by atoms with Crippen LogP contribution in [0.15, 0.2) is 47.0 Å². The molecule has 0 amide bonds. The fraction of sp³-hybridized carbons (Fsp3) is 0.167. The Hall–Kier alpha value is -3.15. The molecule has 0 aliphatic rings. The van der Waals surface area contributed by atoms with E-state index in [1.54, 1.807) is 38.5 Å². The highest BCUT2D eigenvalue weighted by molar-refractivity contribution is 5.74. The lowest BCUT2D eigenvalue weighted by molar-refractivity contribution is 0.112. The number of hydrogen-bond donors (Lipinski definition) is 0. The topological polar surface area (TPSA) is 74.5 Å². The smallest absolute Gasteiger partial charge is 0.258 e. The van der Waals surface area contributed by atoms with Crippen LogP contribution in [0.5, 0.6) is 11.5 Å². The highest BCUT2D eigenvalue weighted by Gasteiger charge is 2.12. The number of aldehydes is 1. The zero-order valence-electron chi connectivity index (χ0n) is 13.4. The number of carbonyl (C=O) groups excluding carboxylic acids is 1. The maximum atomic E-state index is 10.7. The van der Waals surface area contributed by atoms with Crippen molar-refractivity contribution < 1.29 is 18.8 Å². The average molecular weight is 324 g/mol. The van der Waals surface area contributed by atoms with E-state index in [1.807, 2.05) is 18.2 Å². The zero-order chi connectivity index (χ0) is 16.9. The first-order valence-corrected chi connectivity index (χ1v) is 7.32. The summed E-state index contributed by atoms with van der Waals surface area (Å²) in [5, 5.41) is 4.00. The quantitative estimate of drug-likeness (QED) is 0.648. The van der Waals surface area contributed by atoms with Gasteiger partial charge in [-0.25, -0.2) is 0 Å². The lowest BCUT2D eigenvalue weighted by atomic mass is 10.1. The van der Waals surface area contributed by atoms with Crippen molar-refractivity contribution in [2.45, 2.75) is 6.42 Å². The SMILES string of the molecule is COc1ccc(-c2nc(Cc3ccc(C=O)cc3)no2)cc1OC. The van der Waals surface area contributed by atoms with Crippen LogP contribution in [0.3, 0.4) is 0 Å². The highest BCUT2D eigenvalue weighted by atomic mass is 16.5. The molecule has 0 unspecified atom stereocenters. The minimum atomic E-state index is 0.412. The fourth-order valence-corrected chi connectivity index (χ4v) is 2.31. The maximum Gasteiger partial charge on any atom is 0.258 e. The summed E-state index contributed by atoms with van der Waals surface area (Å²) in [6.45, 7) is 0. The summed E-state index contributed by atoms with van der Waals surface area (Å²) < 4.78 is 15.8. The molecule has 6 nitrogen and oxygen atoms in total. The molecule has 0 saturated carbocycles. The molecular weight excluding hydrogens is 308 g/mol. The van der Waals surface area contributed by atoms with E-state index in [4.69, 9.17) is 14.0 Å². The van der Waals surface area contributed by atoms with Gasteiger partial charge in [0, 0.05) is 17.5 Å². The van der Waals surface area contributed by atoms with Crippen molar-refractivity contribution in [3.05, 3.63) is 59.4 Å². The molecule has 0 aliphatic heterocycles. The molecule has 0 bridgehead atoms. The van der Waals surface area contributed by atoms with Gasteiger partial charge in [-0.15, -0.1) is 0 Å². The van der Waals surface area contributed by atoms with Gasteiger partial charge < -0.3 is 14.0 Å². The van der Waals surface area contributed by atoms with E-state index in [9.17, 15) is 4.79 Å². The van der Waals surface area contributed by atoms with Gasteiger partial charge in [0.2, 0.25) is 0 Å². The molecule has 0 fully saturated rings. The Kier molecular flexibility index (Phi) is 4.56. The van der Waals surface area contributed by atoms with Crippen molar-refractivity contribution in [3.63, 3.8) is 0 Å². The summed E-state index contributed by atoms with van der Waals surface area (Å²) in [5.41, 5.74) is 2.39. The van der Waals surface area contributed by atoms with Crippen molar-refractivity contribution in [1.82, 2.24) is 10.1 Å². The third-order valence-electron chi connectivity index (χ3n) is 3.58. The van der Waals surface area contributed by atoms with Crippen molar-refractivity contribution in [3.8, 4) is 23.0 Å². The Morgan fingerprint density at radius 2 is 1.79 bits per heavy atom. The number of nitrogens with zero attached hydrogens (tertiary/aromatic N) is 2. The van der Waals surface area contributed by atoms with Crippen LogP contribution in [0.4, 0.5) is 0 Å². The number of methoxy groups -OCH3 is 2. The summed E-state index contributed by atoms with van der Waals surface area (Å²) in [6, 6.07) is 12.7. The molecule has 3 rings (SSSR count). The van der Waals surface area contributed by atoms with Crippen molar-refractivity contribution in [2.24, 2.45) is 0 Å². The fourth-order valence-electron chi connectivity index (χ4n) is 2.31. The van der Waals surface area contributed by atoms with Crippen LogP contribution in [-0.2, 0) is 6.42 Å². The van der Waals surface area contributed by atoms with Gasteiger partial charge in [-0.05, 0) is 23.8 Å². The van der Waals surface area contributed by atoms with E-state index >= 15 is 0 Å². The molecule has 122 valence electrons.